The number of nitrogens with zero attached hydrogens (tertiary/aromatic N) is 1. The van der Waals surface area contributed by atoms with Gasteiger partial charge in [-0.3, -0.25) is 19.3 Å². The molecule has 1 aliphatic rings. The van der Waals surface area contributed by atoms with E-state index in [1.165, 1.54) is 4.90 Å². The van der Waals surface area contributed by atoms with E-state index in [4.69, 9.17) is 0 Å². The number of fused-ring (bicyclic) bond motifs is 2. The van der Waals surface area contributed by atoms with Crippen LogP contribution < -0.4 is 5.32 Å². The fraction of sp³-hybridized carbons (Fsp3) is 0.0385. The lowest BCUT2D eigenvalue weighted by Gasteiger charge is -2.15. The van der Waals surface area contributed by atoms with Gasteiger partial charge in [0.25, 0.3) is 17.7 Å². The summed E-state index contributed by atoms with van der Waals surface area (Å²) >= 11 is 0. The second-order valence-electron chi connectivity index (χ2n) is 7.42. The Morgan fingerprint density at radius 1 is 0.742 bits per heavy atom. The molecule has 4 aromatic rings. The Hall–Kier alpha value is -4.25. The van der Waals surface area contributed by atoms with Crippen molar-refractivity contribution in [1.29, 1.82) is 0 Å². The van der Waals surface area contributed by atoms with Crippen LogP contribution in [0.3, 0.4) is 0 Å². The van der Waals surface area contributed by atoms with Gasteiger partial charge in [0.15, 0.2) is 0 Å². The first-order chi connectivity index (χ1) is 15.1. The molecule has 0 aromatic heterocycles. The lowest BCUT2D eigenvalue weighted by molar-refractivity contribution is 0.0642. The van der Waals surface area contributed by atoms with Gasteiger partial charge in [0.2, 0.25) is 0 Å². The maximum Gasteiger partial charge on any atom is 0.261 e. The molecule has 0 spiro atoms. The van der Waals surface area contributed by atoms with E-state index in [9.17, 15) is 14.4 Å². The molecule has 5 nitrogen and oxygen atoms in total. The van der Waals surface area contributed by atoms with Crippen LogP contribution in [0, 0.1) is 0 Å². The topological polar surface area (TPSA) is 66.5 Å². The SMILES string of the molecule is O=C(Nc1cccc2ccccc12)c1cccc(CN2C(=O)c3ccccc3C2=O)c1. The number of benzene rings is 4. The van der Waals surface area contributed by atoms with Crippen LogP contribution in [0.25, 0.3) is 10.8 Å². The van der Waals surface area contributed by atoms with Gasteiger partial charge >= 0.3 is 0 Å². The van der Waals surface area contributed by atoms with E-state index in [0.717, 1.165) is 16.5 Å². The molecule has 5 rings (SSSR count). The van der Waals surface area contributed by atoms with Crippen molar-refractivity contribution < 1.29 is 14.4 Å². The number of hydrogen-bond acceptors (Lipinski definition) is 3. The van der Waals surface area contributed by atoms with Crippen molar-refractivity contribution in [3.63, 3.8) is 0 Å². The monoisotopic (exact) mass is 406 g/mol. The number of rotatable bonds is 4. The number of nitrogens with one attached hydrogen (secondary N) is 1. The van der Waals surface area contributed by atoms with Crippen LogP contribution in [0.2, 0.25) is 0 Å². The van der Waals surface area contributed by atoms with E-state index in [-0.39, 0.29) is 24.3 Å². The quantitative estimate of drug-likeness (QED) is 0.491. The van der Waals surface area contributed by atoms with E-state index in [2.05, 4.69) is 5.32 Å². The highest BCUT2D eigenvalue weighted by molar-refractivity contribution is 6.21. The van der Waals surface area contributed by atoms with E-state index in [1.54, 1.807) is 48.5 Å². The van der Waals surface area contributed by atoms with Crippen molar-refractivity contribution in [2.75, 3.05) is 5.32 Å². The Labute approximate surface area is 178 Å². The molecular weight excluding hydrogens is 388 g/mol. The molecule has 0 saturated carbocycles. The summed E-state index contributed by atoms with van der Waals surface area (Å²) in [5.74, 6) is -0.877. The molecule has 150 valence electrons. The van der Waals surface area contributed by atoms with Crippen LogP contribution in [0.1, 0.15) is 36.6 Å². The molecule has 0 radical (unpaired) electrons. The van der Waals surface area contributed by atoms with Crippen molar-refractivity contribution in [2.45, 2.75) is 6.54 Å². The fourth-order valence-corrected chi connectivity index (χ4v) is 3.91. The van der Waals surface area contributed by atoms with Crippen molar-refractivity contribution in [1.82, 2.24) is 4.90 Å². The van der Waals surface area contributed by atoms with E-state index >= 15 is 0 Å². The molecule has 1 N–H and O–H groups in total. The van der Waals surface area contributed by atoms with Crippen LogP contribution in [0.5, 0.6) is 0 Å². The van der Waals surface area contributed by atoms with Crippen LogP contribution >= 0.6 is 0 Å². The number of anilines is 1. The van der Waals surface area contributed by atoms with Gasteiger partial charge in [-0.1, -0.05) is 60.7 Å². The maximum atomic E-state index is 12.9. The molecule has 0 saturated heterocycles. The second kappa shape index (κ2) is 7.54. The normalized spacial score (nSPS) is 12.8. The standard InChI is InChI=1S/C26H18N2O3/c29-24(27-23-14-6-9-18-8-1-2-11-20(18)23)19-10-5-7-17(15-19)16-28-25(30)21-12-3-4-13-22(21)26(28)31/h1-15H,16H2,(H,27,29). The van der Waals surface area contributed by atoms with Crippen molar-refractivity contribution in [2.24, 2.45) is 0 Å². The summed E-state index contributed by atoms with van der Waals surface area (Å²) in [6.45, 7) is 0.113. The molecule has 5 heteroatoms. The van der Waals surface area contributed by atoms with E-state index < -0.39 is 0 Å². The summed E-state index contributed by atoms with van der Waals surface area (Å²) in [6.07, 6.45) is 0. The van der Waals surface area contributed by atoms with Gasteiger partial charge in [0.1, 0.15) is 0 Å². The molecule has 31 heavy (non-hydrogen) atoms. The first-order valence-corrected chi connectivity index (χ1v) is 9.95. The summed E-state index contributed by atoms with van der Waals surface area (Å²) < 4.78 is 0. The Kier molecular flexibility index (Phi) is 4.56. The Bertz CT molecular complexity index is 1320. The highest BCUT2D eigenvalue weighted by atomic mass is 16.2. The number of imide groups is 1. The van der Waals surface area contributed by atoms with Crippen molar-refractivity contribution >= 4 is 34.2 Å². The zero-order valence-corrected chi connectivity index (χ0v) is 16.5. The highest BCUT2D eigenvalue weighted by Crippen LogP contribution is 2.26. The van der Waals surface area contributed by atoms with E-state index in [1.807, 2.05) is 42.5 Å². The van der Waals surface area contributed by atoms with Crippen molar-refractivity contribution in [3.8, 4) is 0 Å². The summed E-state index contributed by atoms with van der Waals surface area (Å²) in [5.41, 5.74) is 2.73. The lowest BCUT2D eigenvalue weighted by Crippen LogP contribution is -2.29. The zero-order valence-electron chi connectivity index (χ0n) is 16.5. The van der Waals surface area contributed by atoms with Crippen molar-refractivity contribution in [3.05, 3.63) is 113 Å². The highest BCUT2D eigenvalue weighted by Gasteiger charge is 2.34. The van der Waals surface area contributed by atoms with Crippen LogP contribution in [0.15, 0.2) is 91.0 Å². The molecule has 0 aliphatic carbocycles. The molecule has 0 atom stereocenters. The van der Waals surface area contributed by atoms with Gasteiger partial charge in [0, 0.05) is 16.6 Å². The summed E-state index contributed by atoms with van der Waals surface area (Å²) in [7, 11) is 0. The number of carbonyl (C=O) groups is 3. The molecule has 0 bridgehead atoms. The molecule has 1 aliphatic heterocycles. The minimum Gasteiger partial charge on any atom is -0.321 e. The molecule has 0 fully saturated rings. The Balaban J connectivity index is 1.38. The van der Waals surface area contributed by atoms with Gasteiger partial charge < -0.3 is 5.32 Å². The summed E-state index contributed by atoms with van der Waals surface area (Å²) in [5, 5.41) is 4.97. The molecule has 3 amide bonds. The predicted molar refractivity (Wildman–Crippen MR) is 119 cm³/mol. The van der Waals surface area contributed by atoms with Crippen LogP contribution in [0.4, 0.5) is 5.69 Å². The summed E-state index contributed by atoms with van der Waals surface area (Å²) in [6, 6.07) is 27.4. The fourth-order valence-electron chi connectivity index (χ4n) is 3.91. The predicted octanol–water partition coefficient (Wildman–Crippen LogP) is 4.89. The third-order valence-electron chi connectivity index (χ3n) is 5.45. The average molecular weight is 406 g/mol. The third-order valence-corrected chi connectivity index (χ3v) is 5.45. The van der Waals surface area contributed by atoms with E-state index in [0.29, 0.717) is 22.3 Å². The molecule has 0 unspecified atom stereocenters. The van der Waals surface area contributed by atoms with Gasteiger partial charge in [-0.15, -0.1) is 0 Å². The summed E-state index contributed by atoms with van der Waals surface area (Å²) in [4.78, 5) is 39.4. The minimum absolute atomic E-state index is 0.113. The minimum atomic E-state index is -0.314. The second-order valence-corrected chi connectivity index (χ2v) is 7.42. The number of amides is 3. The van der Waals surface area contributed by atoms with Crippen LogP contribution in [-0.2, 0) is 6.54 Å². The molecule has 4 aromatic carbocycles. The number of carbonyl (C=O) groups excluding carboxylic acids is 3. The Morgan fingerprint density at radius 2 is 1.39 bits per heavy atom. The van der Waals surface area contributed by atoms with Crippen LogP contribution in [-0.4, -0.2) is 22.6 Å². The maximum absolute atomic E-state index is 12.9. The average Bonchev–Trinajstić information content (AvgIpc) is 3.04. The first kappa shape index (κ1) is 18.8. The largest absolute Gasteiger partial charge is 0.321 e. The number of hydrogen-bond donors (Lipinski definition) is 1. The first-order valence-electron chi connectivity index (χ1n) is 9.95. The van der Waals surface area contributed by atoms with Gasteiger partial charge in [-0.2, -0.15) is 0 Å². The zero-order chi connectivity index (χ0) is 21.4. The molecule has 1 heterocycles. The third kappa shape index (κ3) is 3.36. The molecular formula is C26H18N2O3. The van der Waals surface area contributed by atoms with Gasteiger partial charge in [-0.05, 0) is 41.3 Å². The lowest BCUT2D eigenvalue weighted by atomic mass is 10.1. The smallest absolute Gasteiger partial charge is 0.261 e. The van der Waals surface area contributed by atoms with Gasteiger partial charge in [-0.25, -0.2) is 0 Å². The Morgan fingerprint density at radius 3 is 2.16 bits per heavy atom. The van der Waals surface area contributed by atoms with Gasteiger partial charge in [0.05, 0.1) is 17.7 Å².